The number of nitro groups is 2. The Morgan fingerprint density at radius 3 is 2.14 bits per heavy atom. The van der Waals surface area contributed by atoms with E-state index < -0.39 is 39.1 Å². The number of nitrogens with zero attached hydrogens (tertiary/aromatic N) is 3. The highest BCUT2D eigenvalue weighted by Gasteiger charge is 2.35. The first-order valence-electron chi connectivity index (χ1n) is 6.29. The van der Waals surface area contributed by atoms with Crippen LogP contribution >= 0.6 is 0 Å². The predicted molar refractivity (Wildman–Crippen MR) is 71.4 cm³/mol. The number of amides is 1. The molecule has 1 fully saturated rings. The fraction of sp³-hybridized carbons (Fsp3) is 0.333. The molecule has 2 rings (SSSR count). The first-order chi connectivity index (χ1) is 10.3. The maximum Gasteiger partial charge on any atom is 0.326 e. The van der Waals surface area contributed by atoms with Gasteiger partial charge >= 0.3 is 5.97 Å². The van der Waals surface area contributed by atoms with Gasteiger partial charge in [0.15, 0.2) is 0 Å². The molecule has 116 valence electrons. The lowest BCUT2D eigenvalue weighted by molar-refractivity contribution is -0.394. The van der Waals surface area contributed by atoms with E-state index in [0.29, 0.717) is 6.42 Å². The van der Waals surface area contributed by atoms with Gasteiger partial charge in [-0.3, -0.25) is 25.0 Å². The number of nitro benzene ring substituents is 2. The zero-order valence-electron chi connectivity index (χ0n) is 11.2. The Bertz CT molecular complexity index is 640. The number of carboxylic acid groups (broad SMARTS) is 1. The minimum Gasteiger partial charge on any atom is -0.480 e. The van der Waals surface area contributed by atoms with E-state index in [4.69, 9.17) is 5.11 Å². The van der Waals surface area contributed by atoms with Crippen LogP contribution in [0.2, 0.25) is 0 Å². The van der Waals surface area contributed by atoms with Crippen molar-refractivity contribution in [1.82, 2.24) is 4.90 Å². The molecular formula is C12H11N3O7. The highest BCUT2D eigenvalue weighted by molar-refractivity contribution is 5.98. The van der Waals surface area contributed by atoms with Crippen LogP contribution in [-0.2, 0) is 4.79 Å². The van der Waals surface area contributed by atoms with Crippen LogP contribution in [0.1, 0.15) is 23.2 Å². The first-order valence-corrected chi connectivity index (χ1v) is 6.29. The van der Waals surface area contributed by atoms with Crippen molar-refractivity contribution in [1.29, 1.82) is 0 Å². The van der Waals surface area contributed by atoms with E-state index in [1.54, 1.807) is 0 Å². The second-order valence-electron chi connectivity index (χ2n) is 4.75. The van der Waals surface area contributed by atoms with Gasteiger partial charge in [-0.05, 0) is 12.8 Å². The van der Waals surface area contributed by atoms with Crippen molar-refractivity contribution in [2.24, 2.45) is 0 Å². The van der Waals surface area contributed by atoms with Gasteiger partial charge in [0.1, 0.15) is 6.04 Å². The number of carbonyl (C=O) groups is 2. The van der Waals surface area contributed by atoms with Crippen LogP contribution in [-0.4, -0.2) is 44.3 Å². The van der Waals surface area contributed by atoms with Crippen LogP contribution in [0.15, 0.2) is 18.2 Å². The van der Waals surface area contributed by atoms with Crippen LogP contribution in [0.5, 0.6) is 0 Å². The SMILES string of the molecule is O=C(O)[C@H]1CCCN1C(=O)c1cc([N+](=O)[O-])cc([N+](=O)[O-])c1. The van der Waals surface area contributed by atoms with Crippen molar-refractivity contribution in [3.05, 3.63) is 44.0 Å². The third-order valence-corrected chi connectivity index (χ3v) is 3.37. The van der Waals surface area contributed by atoms with E-state index in [1.807, 2.05) is 0 Å². The molecule has 0 unspecified atom stereocenters. The molecule has 1 aromatic rings. The molecule has 1 atom stereocenters. The fourth-order valence-electron chi connectivity index (χ4n) is 2.36. The summed E-state index contributed by atoms with van der Waals surface area (Å²) in [5.41, 5.74) is -1.46. The monoisotopic (exact) mass is 309 g/mol. The molecule has 0 aliphatic carbocycles. The van der Waals surface area contributed by atoms with Gasteiger partial charge < -0.3 is 10.0 Å². The number of carbonyl (C=O) groups excluding carboxylic acids is 1. The summed E-state index contributed by atoms with van der Waals surface area (Å²) in [5.74, 6) is -1.94. The number of rotatable bonds is 4. The average Bonchev–Trinajstić information content (AvgIpc) is 2.95. The van der Waals surface area contributed by atoms with E-state index >= 15 is 0 Å². The average molecular weight is 309 g/mol. The molecule has 1 aliphatic heterocycles. The quantitative estimate of drug-likeness (QED) is 0.649. The summed E-state index contributed by atoms with van der Waals surface area (Å²) in [6.45, 7) is 0.187. The summed E-state index contributed by atoms with van der Waals surface area (Å²) in [5, 5.41) is 30.7. The Kier molecular flexibility index (Phi) is 4.02. The van der Waals surface area contributed by atoms with Gasteiger partial charge in [0, 0.05) is 18.7 Å². The van der Waals surface area contributed by atoms with Crippen LogP contribution < -0.4 is 0 Å². The van der Waals surface area contributed by atoms with Crippen LogP contribution in [0.3, 0.4) is 0 Å². The molecule has 0 radical (unpaired) electrons. The predicted octanol–water partition coefficient (Wildman–Crippen LogP) is 1.19. The molecule has 1 heterocycles. The van der Waals surface area contributed by atoms with Crippen molar-refractivity contribution in [2.45, 2.75) is 18.9 Å². The Balaban J connectivity index is 2.42. The van der Waals surface area contributed by atoms with E-state index in [9.17, 15) is 29.8 Å². The number of benzene rings is 1. The second-order valence-corrected chi connectivity index (χ2v) is 4.75. The van der Waals surface area contributed by atoms with Gasteiger partial charge in [-0.25, -0.2) is 4.79 Å². The van der Waals surface area contributed by atoms with Gasteiger partial charge in [-0.15, -0.1) is 0 Å². The Hall–Kier alpha value is -3.04. The number of hydrogen-bond acceptors (Lipinski definition) is 6. The van der Waals surface area contributed by atoms with Crippen molar-refractivity contribution in [3.63, 3.8) is 0 Å². The number of aliphatic carboxylic acids is 1. The lowest BCUT2D eigenvalue weighted by atomic mass is 10.1. The zero-order chi connectivity index (χ0) is 16.4. The van der Waals surface area contributed by atoms with Gasteiger partial charge in [0.05, 0.1) is 21.5 Å². The third kappa shape index (κ3) is 2.85. The van der Waals surface area contributed by atoms with Crippen molar-refractivity contribution >= 4 is 23.3 Å². The molecule has 10 heteroatoms. The molecule has 22 heavy (non-hydrogen) atoms. The topological polar surface area (TPSA) is 144 Å². The highest BCUT2D eigenvalue weighted by Crippen LogP contribution is 2.26. The third-order valence-electron chi connectivity index (χ3n) is 3.37. The first kappa shape index (κ1) is 15.4. The number of hydrogen-bond donors (Lipinski definition) is 1. The molecule has 1 aromatic carbocycles. The normalized spacial score (nSPS) is 17.3. The Morgan fingerprint density at radius 2 is 1.68 bits per heavy atom. The van der Waals surface area contributed by atoms with Gasteiger partial charge in [-0.1, -0.05) is 0 Å². The number of carboxylic acids is 1. The number of likely N-dealkylation sites (tertiary alicyclic amines) is 1. The molecule has 0 saturated carbocycles. The fourth-order valence-corrected chi connectivity index (χ4v) is 2.36. The maximum atomic E-state index is 12.3. The van der Waals surface area contributed by atoms with Crippen molar-refractivity contribution in [2.75, 3.05) is 6.54 Å². The van der Waals surface area contributed by atoms with E-state index in [1.165, 1.54) is 0 Å². The summed E-state index contributed by atoms with van der Waals surface area (Å²) < 4.78 is 0. The summed E-state index contributed by atoms with van der Waals surface area (Å²) >= 11 is 0. The largest absolute Gasteiger partial charge is 0.480 e. The van der Waals surface area contributed by atoms with Crippen LogP contribution in [0.25, 0.3) is 0 Å². The molecule has 1 N–H and O–H groups in total. The van der Waals surface area contributed by atoms with Crippen LogP contribution in [0, 0.1) is 20.2 Å². The van der Waals surface area contributed by atoms with Crippen molar-refractivity contribution in [3.8, 4) is 0 Å². The standard InChI is InChI=1S/C12H11N3O7/c16-11(13-3-1-2-10(13)12(17)18)7-4-8(14(19)20)6-9(5-7)15(21)22/h4-6,10H,1-3H2,(H,17,18)/t10-/m1/s1. The molecular weight excluding hydrogens is 298 g/mol. The van der Waals surface area contributed by atoms with E-state index in [2.05, 4.69) is 0 Å². The van der Waals surface area contributed by atoms with Gasteiger partial charge in [0.2, 0.25) is 0 Å². The highest BCUT2D eigenvalue weighted by atomic mass is 16.6. The number of non-ortho nitro benzene ring substituents is 2. The molecule has 1 saturated heterocycles. The summed E-state index contributed by atoms with van der Waals surface area (Å²) in [7, 11) is 0. The minimum absolute atomic E-state index is 0.187. The molecule has 1 amide bonds. The maximum absolute atomic E-state index is 12.3. The summed E-state index contributed by atoms with van der Waals surface area (Å²) in [6.07, 6.45) is 0.762. The molecule has 1 aliphatic rings. The van der Waals surface area contributed by atoms with Gasteiger partial charge in [-0.2, -0.15) is 0 Å². The molecule has 10 nitrogen and oxygen atoms in total. The van der Waals surface area contributed by atoms with Crippen molar-refractivity contribution < 1.29 is 24.5 Å². The molecule has 0 bridgehead atoms. The second kappa shape index (κ2) is 5.76. The summed E-state index contributed by atoms with van der Waals surface area (Å²) in [6, 6.07) is 1.54. The smallest absolute Gasteiger partial charge is 0.326 e. The lowest BCUT2D eigenvalue weighted by Gasteiger charge is -2.21. The zero-order valence-corrected chi connectivity index (χ0v) is 11.2. The Labute approximate surface area is 123 Å². The summed E-state index contributed by atoms with van der Waals surface area (Å²) in [4.78, 5) is 44.4. The van der Waals surface area contributed by atoms with E-state index in [0.717, 1.165) is 23.1 Å². The minimum atomic E-state index is -1.18. The molecule has 0 aromatic heterocycles. The van der Waals surface area contributed by atoms with E-state index in [-0.39, 0.29) is 18.5 Å². The lowest BCUT2D eigenvalue weighted by Crippen LogP contribution is -2.40. The van der Waals surface area contributed by atoms with Crippen LogP contribution in [0.4, 0.5) is 11.4 Å². The van der Waals surface area contributed by atoms with Gasteiger partial charge in [0.25, 0.3) is 17.3 Å². The molecule has 0 spiro atoms. The Morgan fingerprint density at radius 1 is 1.14 bits per heavy atom.